The fraction of sp³-hybridized carbons (Fsp3) is 0.273. The number of aromatic carboxylic acids is 1. The van der Waals surface area contributed by atoms with Gasteiger partial charge in [0.05, 0.1) is 16.7 Å². The summed E-state index contributed by atoms with van der Waals surface area (Å²) in [7, 11) is 0. The van der Waals surface area contributed by atoms with E-state index in [-0.39, 0.29) is 17.9 Å². The zero-order chi connectivity index (χ0) is 12.6. The molecule has 1 aliphatic heterocycles. The van der Waals surface area contributed by atoms with Crippen LogP contribution in [0, 0.1) is 0 Å². The first-order chi connectivity index (χ1) is 7.93. The molecule has 0 aromatic carbocycles. The fourth-order valence-electron chi connectivity index (χ4n) is 1.76. The molecule has 1 aliphatic rings. The molecule has 2 rings (SSSR count). The molecule has 0 saturated carbocycles. The Hall–Kier alpha value is -2.24. The van der Waals surface area contributed by atoms with Crippen LogP contribution in [0.15, 0.2) is 18.3 Å². The third kappa shape index (κ3) is 1.77. The molecule has 0 radical (unpaired) electrons. The number of nitrogens with one attached hydrogen (secondary N) is 1. The number of nitrogens with zero attached hydrogens (tertiary/aromatic N) is 1. The highest BCUT2D eigenvalue weighted by Gasteiger charge is 2.45. The van der Waals surface area contributed by atoms with Crippen LogP contribution < -0.4 is 5.32 Å². The Labute approximate surface area is 96.7 Å². The maximum absolute atomic E-state index is 11.6. The molecule has 2 amide bonds. The fourth-order valence-corrected chi connectivity index (χ4v) is 1.76. The lowest BCUT2D eigenvalue weighted by atomic mass is 9.84. The molecule has 0 bridgehead atoms. The highest BCUT2D eigenvalue weighted by atomic mass is 16.4. The number of hydrogen-bond acceptors (Lipinski definition) is 4. The minimum Gasteiger partial charge on any atom is -0.478 e. The van der Waals surface area contributed by atoms with E-state index in [1.807, 2.05) is 0 Å². The predicted molar refractivity (Wildman–Crippen MR) is 56.3 cm³/mol. The van der Waals surface area contributed by atoms with E-state index in [2.05, 4.69) is 10.3 Å². The second kappa shape index (κ2) is 3.65. The Kier molecular flexibility index (Phi) is 2.42. The van der Waals surface area contributed by atoms with E-state index >= 15 is 0 Å². The molecule has 88 valence electrons. The first kappa shape index (κ1) is 11.3. The van der Waals surface area contributed by atoms with Gasteiger partial charge in [0.15, 0.2) is 0 Å². The zero-order valence-electron chi connectivity index (χ0n) is 9.06. The number of pyridine rings is 1. The van der Waals surface area contributed by atoms with Gasteiger partial charge in [-0.25, -0.2) is 4.79 Å². The summed E-state index contributed by atoms with van der Waals surface area (Å²) in [5.41, 5.74) is -0.568. The van der Waals surface area contributed by atoms with Crippen molar-refractivity contribution in [1.29, 1.82) is 0 Å². The Morgan fingerprint density at radius 1 is 1.47 bits per heavy atom. The smallest absolute Gasteiger partial charge is 0.337 e. The molecule has 1 atom stereocenters. The average Bonchev–Trinajstić information content (AvgIpc) is 2.54. The van der Waals surface area contributed by atoms with Crippen LogP contribution in [0.1, 0.15) is 29.4 Å². The van der Waals surface area contributed by atoms with Crippen molar-refractivity contribution in [3.63, 3.8) is 0 Å². The predicted octanol–water partition coefficient (Wildman–Crippen LogP) is 0.0840. The van der Waals surface area contributed by atoms with Crippen molar-refractivity contribution in [3.05, 3.63) is 29.6 Å². The summed E-state index contributed by atoms with van der Waals surface area (Å²) in [6, 6.07) is 2.83. The number of aromatic nitrogens is 1. The van der Waals surface area contributed by atoms with E-state index in [1.165, 1.54) is 18.3 Å². The van der Waals surface area contributed by atoms with Crippen LogP contribution in [0.4, 0.5) is 0 Å². The number of carboxylic acid groups (broad SMARTS) is 1. The quantitative estimate of drug-likeness (QED) is 0.706. The molecule has 1 saturated heterocycles. The first-order valence-corrected chi connectivity index (χ1v) is 4.97. The molecular weight excluding hydrogens is 224 g/mol. The molecule has 1 aromatic rings. The van der Waals surface area contributed by atoms with Crippen molar-refractivity contribution < 1.29 is 19.5 Å². The number of carboxylic acids is 1. The summed E-state index contributed by atoms with van der Waals surface area (Å²) < 4.78 is 0. The van der Waals surface area contributed by atoms with E-state index in [0.717, 1.165) is 0 Å². The summed E-state index contributed by atoms with van der Waals surface area (Å²) in [5, 5.41) is 10.9. The average molecular weight is 234 g/mol. The van der Waals surface area contributed by atoms with Crippen molar-refractivity contribution in [1.82, 2.24) is 10.3 Å². The topological polar surface area (TPSA) is 96.4 Å². The zero-order valence-corrected chi connectivity index (χ0v) is 9.06. The molecule has 1 aromatic heterocycles. The van der Waals surface area contributed by atoms with E-state index in [4.69, 9.17) is 5.11 Å². The van der Waals surface area contributed by atoms with Crippen LogP contribution in [-0.2, 0) is 15.0 Å². The van der Waals surface area contributed by atoms with Crippen molar-refractivity contribution in [2.75, 3.05) is 0 Å². The number of amides is 2. The molecule has 1 unspecified atom stereocenters. The SMILES string of the molecule is CC1(c2ccc(C(=O)O)cn2)CC(=O)NC1=O. The molecule has 1 fully saturated rings. The third-order valence-electron chi connectivity index (χ3n) is 2.84. The molecule has 6 heteroatoms. The summed E-state index contributed by atoms with van der Waals surface area (Å²) in [4.78, 5) is 37.4. The molecule has 2 heterocycles. The second-order valence-electron chi connectivity index (χ2n) is 4.12. The Balaban J connectivity index is 2.37. The number of carbonyl (C=O) groups excluding carboxylic acids is 2. The Bertz CT molecular complexity index is 509. The van der Waals surface area contributed by atoms with Gasteiger partial charge in [0.25, 0.3) is 0 Å². The lowest BCUT2D eigenvalue weighted by Gasteiger charge is -2.18. The summed E-state index contributed by atoms with van der Waals surface area (Å²) >= 11 is 0. The van der Waals surface area contributed by atoms with Crippen molar-refractivity contribution in [2.24, 2.45) is 0 Å². The standard InChI is InChI=1S/C11H10N2O4/c1-11(4-8(14)13-10(11)17)7-3-2-6(5-12-7)9(15)16/h2-3,5H,4H2,1H3,(H,15,16)(H,13,14,17). The van der Waals surface area contributed by atoms with Gasteiger partial charge in [-0.1, -0.05) is 0 Å². The maximum atomic E-state index is 11.6. The highest BCUT2D eigenvalue weighted by Crippen LogP contribution is 2.30. The molecule has 6 nitrogen and oxygen atoms in total. The van der Waals surface area contributed by atoms with Crippen LogP contribution in [-0.4, -0.2) is 27.9 Å². The molecule has 0 aliphatic carbocycles. The summed E-state index contributed by atoms with van der Waals surface area (Å²) in [5.74, 6) is -1.83. The van der Waals surface area contributed by atoms with Gasteiger partial charge in [-0.15, -0.1) is 0 Å². The molecule has 17 heavy (non-hydrogen) atoms. The number of hydrogen-bond donors (Lipinski definition) is 2. The van der Waals surface area contributed by atoms with Gasteiger partial charge in [-0.05, 0) is 19.1 Å². The Morgan fingerprint density at radius 3 is 2.59 bits per heavy atom. The van der Waals surface area contributed by atoms with Gasteiger partial charge in [0, 0.05) is 12.6 Å². The van der Waals surface area contributed by atoms with Crippen molar-refractivity contribution in [3.8, 4) is 0 Å². The number of carbonyl (C=O) groups is 3. The van der Waals surface area contributed by atoms with Crippen LogP contribution >= 0.6 is 0 Å². The summed E-state index contributed by atoms with van der Waals surface area (Å²) in [6.07, 6.45) is 1.21. The first-order valence-electron chi connectivity index (χ1n) is 4.97. The van der Waals surface area contributed by atoms with E-state index < -0.39 is 17.3 Å². The molecule has 0 spiro atoms. The van der Waals surface area contributed by atoms with E-state index in [0.29, 0.717) is 5.69 Å². The molecule has 2 N–H and O–H groups in total. The third-order valence-corrected chi connectivity index (χ3v) is 2.84. The van der Waals surface area contributed by atoms with Crippen molar-refractivity contribution in [2.45, 2.75) is 18.8 Å². The monoisotopic (exact) mass is 234 g/mol. The van der Waals surface area contributed by atoms with Gasteiger partial charge < -0.3 is 5.11 Å². The largest absolute Gasteiger partial charge is 0.478 e. The molecular formula is C11H10N2O4. The lowest BCUT2D eigenvalue weighted by Crippen LogP contribution is -2.33. The van der Waals surface area contributed by atoms with E-state index in [1.54, 1.807) is 6.92 Å². The van der Waals surface area contributed by atoms with Gasteiger partial charge in [0.2, 0.25) is 11.8 Å². The lowest BCUT2D eigenvalue weighted by molar-refractivity contribution is -0.126. The number of rotatable bonds is 2. The summed E-state index contributed by atoms with van der Waals surface area (Å²) in [6.45, 7) is 1.61. The van der Waals surface area contributed by atoms with Crippen LogP contribution in [0.5, 0.6) is 0 Å². The number of imide groups is 1. The van der Waals surface area contributed by atoms with Crippen LogP contribution in [0.25, 0.3) is 0 Å². The van der Waals surface area contributed by atoms with Gasteiger partial charge in [-0.3, -0.25) is 19.9 Å². The Morgan fingerprint density at radius 2 is 2.18 bits per heavy atom. The minimum atomic E-state index is -1.08. The second-order valence-corrected chi connectivity index (χ2v) is 4.12. The van der Waals surface area contributed by atoms with E-state index in [9.17, 15) is 14.4 Å². The maximum Gasteiger partial charge on any atom is 0.337 e. The normalized spacial score (nSPS) is 23.6. The van der Waals surface area contributed by atoms with Crippen LogP contribution in [0.3, 0.4) is 0 Å². The van der Waals surface area contributed by atoms with Crippen LogP contribution in [0.2, 0.25) is 0 Å². The van der Waals surface area contributed by atoms with Gasteiger partial charge >= 0.3 is 5.97 Å². The van der Waals surface area contributed by atoms with Gasteiger partial charge in [-0.2, -0.15) is 0 Å². The minimum absolute atomic E-state index is 0.0330. The van der Waals surface area contributed by atoms with Gasteiger partial charge in [0.1, 0.15) is 0 Å². The highest BCUT2D eigenvalue weighted by molar-refractivity contribution is 6.08. The van der Waals surface area contributed by atoms with Crippen molar-refractivity contribution >= 4 is 17.8 Å².